The van der Waals surface area contributed by atoms with Gasteiger partial charge < -0.3 is 10.6 Å². The van der Waals surface area contributed by atoms with Gasteiger partial charge in [-0.1, -0.05) is 55.1 Å². The van der Waals surface area contributed by atoms with Crippen molar-refractivity contribution in [2.75, 3.05) is 17.2 Å². The van der Waals surface area contributed by atoms with Gasteiger partial charge in [0.25, 0.3) is 0 Å². The van der Waals surface area contributed by atoms with Crippen LogP contribution in [0.1, 0.15) is 20.8 Å². The van der Waals surface area contributed by atoms with Crippen LogP contribution in [0.15, 0.2) is 34.7 Å². The third-order valence-corrected chi connectivity index (χ3v) is 4.82. The molecule has 0 radical (unpaired) electrons. The number of hydrogen-bond donors (Lipinski definition) is 2. The summed E-state index contributed by atoms with van der Waals surface area (Å²) < 4.78 is 0.793. The second-order valence-corrected chi connectivity index (χ2v) is 7.83. The van der Waals surface area contributed by atoms with Gasteiger partial charge in [0.2, 0.25) is 11.0 Å². The molecule has 7 heteroatoms. The fourth-order valence-electron chi connectivity index (χ4n) is 1.59. The van der Waals surface area contributed by atoms with E-state index in [0.29, 0.717) is 5.92 Å². The quantitative estimate of drug-likeness (QED) is 0.754. The van der Waals surface area contributed by atoms with Gasteiger partial charge in [0.15, 0.2) is 4.34 Å². The number of rotatable bonds is 7. The number of aromatic nitrogens is 2. The van der Waals surface area contributed by atoms with Crippen LogP contribution in [0.5, 0.6) is 0 Å². The van der Waals surface area contributed by atoms with Gasteiger partial charge in [-0.05, 0) is 25.0 Å². The molecule has 0 aliphatic heterocycles. The molecular weight excluding hydrogens is 316 g/mol. The molecule has 0 aliphatic carbocycles. The molecule has 5 nitrogen and oxygen atoms in total. The van der Waals surface area contributed by atoms with Crippen molar-refractivity contribution in [3.8, 4) is 0 Å². The monoisotopic (exact) mass is 336 g/mol. The van der Waals surface area contributed by atoms with Gasteiger partial charge >= 0.3 is 0 Å². The summed E-state index contributed by atoms with van der Waals surface area (Å²) in [7, 11) is 0. The minimum Gasteiger partial charge on any atom is -0.360 e. The first kappa shape index (κ1) is 16.8. The number of thioether (sulfide) groups is 1. The first-order valence-electron chi connectivity index (χ1n) is 7.14. The van der Waals surface area contributed by atoms with E-state index >= 15 is 0 Å². The highest BCUT2D eigenvalue weighted by Crippen LogP contribution is 2.29. The lowest BCUT2D eigenvalue weighted by molar-refractivity contribution is -0.115. The van der Waals surface area contributed by atoms with Crippen LogP contribution >= 0.6 is 23.1 Å². The van der Waals surface area contributed by atoms with Crippen molar-refractivity contribution in [3.63, 3.8) is 0 Å². The van der Waals surface area contributed by atoms with Gasteiger partial charge in [0, 0.05) is 12.2 Å². The average Bonchev–Trinajstić information content (AvgIpc) is 2.93. The van der Waals surface area contributed by atoms with Crippen LogP contribution in [0.25, 0.3) is 0 Å². The lowest BCUT2D eigenvalue weighted by atomic mass is 10.2. The normalized spacial score (nSPS) is 12.2. The van der Waals surface area contributed by atoms with Crippen LogP contribution < -0.4 is 10.6 Å². The average molecular weight is 336 g/mol. The third kappa shape index (κ3) is 5.31. The Hall–Kier alpha value is -1.60. The number of anilines is 2. The molecule has 22 heavy (non-hydrogen) atoms. The van der Waals surface area contributed by atoms with Gasteiger partial charge in [-0.2, -0.15) is 0 Å². The van der Waals surface area contributed by atoms with E-state index in [4.69, 9.17) is 0 Å². The molecule has 1 aromatic carbocycles. The first-order valence-corrected chi connectivity index (χ1v) is 8.84. The van der Waals surface area contributed by atoms with E-state index in [0.717, 1.165) is 21.7 Å². The Labute approximate surface area is 138 Å². The van der Waals surface area contributed by atoms with Crippen molar-refractivity contribution in [1.82, 2.24) is 10.2 Å². The van der Waals surface area contributed by atoms with Crippen molar-refractivity contribution in [3.05, 3.63) is 30.3 Å². The second-order valence-electron chi connectivity index (χ2n) is 5.26. The number of carbonyl (C=O) groups excluding carboxylic acids is 1. The zero-order valence-electron chi connectivity index (χ0n) is 12.9. The maximum atomic E-state index is 12.1. The maximum Gasteiger partial charge on any atom is 0.237 e. The van der Waals surface area contributed by atoms with Crippen molar-refractivity contribution < 1.29 is 4.79 Å². The minimum atomic E-state index is -0.230. The van der Waals surface area contributed by atoms with Crippen LogP contribution in [0.3, 0.4) is 0 Å². The van der Waals surface area contributed by atoms with Gasteiger partial charge in [-0.25, -0.2) is 0 Å². The van der Waals surface area contributed by atoms with E-state index in [-0.39, 0.29) is 11.2 Å². The van der Waals surface area contributed by atoms with Crippen molar-refractivity contribution in [2.45, 2.75) is 30.4 Å². The fourth-order valence-corrected chi connectivity index (χ4v) is 3.49. The summed E-state index contributed by atoms with van der Waals surface area (Å²) >= 11 is 2.90. The molecule has 0 saturated carbocycles. The molecule has 1 heterocycles. The van der Waals surface area contributed by atoms with Crippen LogP contribution in [0.4, 0.5) is 10.8 Å². The molecule has 1 aromatic heterocycles. The van der Waals surface area contributed by atoms with Crippen LogP contribution in [-0.2, 0) is 4.79 Å². The summed E-state index contributed by atoms with van der Waals surface area (Å²) in [6.45, 7) is 7.01. The summed E-state index contributed by atoms with van der Waals surface area (Å²) in [5.41, 5.74) is 0.802. The van der Waals surface area contributed by atoms with Crippen molar-refractivity contribution in [1.29, 1.82) is 0 Å². The van der Waals surface area contributed by atoms with Crippen LogP contribution in [0.2, 0.25) is 0 Å². The minimum absolute atomic E-state index is 0.0388. The Morgan fingerprint density at radius 2 is 1.95 bits per heavy atom. The van der Waals surface area contributed by atoms with E-state index in [2.05, 4.69) is 34.7 Å². The lowest BCUT2D eigenvalue weighted by Crippen LogP contribution is -2.22. The van der Waals surface area contributed by atoms with E-state index in [1.807, 2.05) is 37.3 Å². The number of carbonyl (C=O) groups is 1. The Bertz CT molecular complexity index is 601. The molecule has 0 bridgehead atoms. The first-order chi connectivity index (χ1) is 10.5. The highest BCUT2D eigenvalue weighted by atomic mass is 32.2. The van der Waals surface area contributed by atoms with Gasteiger partial charge in [0.1, 0.15) is 0 Å². The van der Waals surface area contributed by atoms with E-state index in [9.17, 15) is 4.79 Å². The van der Waals surface area contributed by atoms with Crippen LogP contribution in [0, 0.1) is 5.92 Å². The van der Waals surface area contributed by atoms with E-state index in [1.54, 1.807) is 0 Å². The summed E-state index contributed by atoms with van der Waals surface area (Å²) in [5, 5.41) is 14.9. The maximum absolute atomic E-state index is 12.1. The molecule has 0 fully saturated rings. The molecule has 1 atom stereocenters. The molecule has 1 amide bonds. The summed E-state index contributed by atoms with van der Waals surface area (Å²) in [6.07, 6.45) is 0. The highest BCUT2D eigenvalue weighted by Gasteiger charge is 2.17. The summed E-state index contributed by atoms with van der Waals surface area (Å²) in [5.74, 6) is 0.513. The molecule has 0 aliphatic rings. The van der Waals surface area contributed by atoms with E-state index in [1.165, 1.54) is 23.1 Å². The number of benzene rings is 1. The van der Waals surface area contributed by atoms with Gasteiger partial charge in [-0.3, -0.25) is 4.79 Å². The number of nitrogens with one attached hydrogen (secondary N) is 2. The molecule has 2 aromatic rings. The Kier molecular flexibility index (Phi) is 6.21. The second kappa shape index (κ2) is 8.14. The molecule has 118 valence electrons. The van der Waals surface area contributed by atoms with Crippen LogP contribution in [-0.4, -0.2) is 27.9 Å². The third-order valence-electron chi connectivity index (χ3n) is 2.76. The van der Waals surface area contributed by atoms with Crippen molar-refractivity contribution >= 4 is 39.8 Å². The zero-order valence-corrected chi connectivity index (χ0v) is 14.5. The SMILES string of the molecule is CC(C)CNc1nnc(S[C@@H](C)C(=O)Nc2ccccc2)s1. The topological polar surface area (TPSA) is 66.9 Å². The largest absolute Gasteiger partial charge is 0.360 e. The highest BCUT2D eigenvalue weighted by molar-refractivity contribution is 8.02. The summed E-state index contributed by atoms with van der Waals surface area (Å²) in [4.78, 5) is 12.1. The fraction of sp³-hybridized carbons (Fsp3) is 0.400. The van der Waals surface area contributed by atoms with Crippen molar-refractivity contribution in [2.24, 2.45) is 5.92 Å². The lowest BCUT2D eigenvalue weighted by Gasteiger charge is -2.09. The number of hydrogen-bond acceptors (Lipinski definition) is 6. The number of amides is 1. The number of nitrogens with zero attached hydrogens (tertiary/aromatic N) is 2. The predicted molar refractivity (Wildman–Crippen MR) is 93.6 cm³/mol. The molecule has 2 rings (SSSR count). The zero-order chi connectivity index (χ0) is 15.9. The van der Waals surface area contributed by atoms with Gasteiger partial charge in [-0.15, -0.1) is 10.2 Å². The number of para-hydroxylation sites is 1. The summed E-state index contributed by atoms with van der Waals surface area (Å²) in [6, 6.07) is 9.44. The van der Waals surface area contributed by atoms with E-state index < -0.39 is 0 Å². The molecule has 2 N–H and O–H groups in total. The molecule has 0 spiro atoms. The Balaban J connectivity index is 1.86. The Morgan fingerprint density at radius 3 is 2.64 bits per heavy atom. The predicted octanol–water partition coefficient (Wildman–Crippen LogP) is 3.73. The van der Waals surface area contributed by atoms with Gasteiger partial charge in [0.05, 0.1) is 5.25 Å². The Morgan fingerprint density at radius 1 is 1.23 bits per heavy atom. The molecular formula is C15H20N4OS2. The standard InChI is InChI=1S/C15H20N4OS2/c1-10(2)9-16-14-18-19-15(22-14)21-11(3)13(20)17-12-7-5-4-6-8-12/h4-8,10-11H,9H2,1-3H3,(H,16,18)(H,17,20)/t11-/m0/s1. The smallest absolute Gasteiger partial charge is 0.237 e. The molecule has 0 saturated heterocycles. The molecule has 0 unspecified atom stereocenters.